The van der Waals surface area contributed by atoms with Crippen LogP contribution < -0.4 is 16.4 Å². The fourth-order valence-corrected chi connectivity index (χ4v) is 2.39. The minimum atomic E-state index is -0.755. The van der Waals surface area contributed by atoms with Gasteiger partial charge in [0.25, 0.3) is 0 Å². The van der Waals surface area contributed by atoms with E-state index in [-0.39, 0.29) is 12.4 Å². The van der Waals surface area contributed by atoms with Crippen molar-refractivity contribution < 1.29 is 14.1 Å². The normalized spacial score (nSPS) is 11.2. The largest absolute Gasteiger partial charge is 0.442 e. The SMILES string of the molecule is CC(C)(C)NC(=O)NC(=O)Cn1c(-c2cccs2)noc1=O. The molecule has 2 aromatic rings. The van der Waals surface area contributed by atoms with E-state index in [1.807, 2.05) is 5.38 Å². The lowest BCUT2D eigenvalue weighted by Gasteiger charge is -2.20. The van der Waals surface area contributed by atoms with Crippen molar-refractivity contribution in [3.63, 3.8) is 0 Å². The van der Waals surface area contributed by atoms with Crippen LogP contribution in [0, 0.1) is 0 Å². The van der Waals surface area contributed by atoms with E-state index >= 15 is 0 Å². The monoisotopic (exact) mass is 324 g/mol. The summed E-state index contributed by atoms with van der Waals surface area (Å²) in [6.45, 7) is 5.01. The zero-order valence-corrected chi connectivity index (χ0v) is 13.2. The summed E-state index contributed by atoms with van der Waals surface area (Å²) >= 11 is 1.36. The Labute approximate surface area is 130 Å². The lowest BCUT2D eigenvalue weighted by Crippen LogP contribution is -2.49. The summed E-state index contributed by atoms with van der Waals surface area (Å²) in [4.78, 5) is 35.8. The molecule has 22 heavy (non-hydrogen) atoms. The average Bonchev–Trinajstić information content (AvgIpc) is 2.97. The molecule has 2 aromatic heterocycles. The van der Waals surface area contributed by atoms with Crippen LogP contribution in [0.3, 0.4) is 0 Å². The van der Waals surface area contributed by atoms with E-state index < -0.39 is 23.2 Å². The second kappa shape index (κ2) is 6.14. The summed E-state index contributed by atoms with van der Waals surface area (Å²) in [5.74, 6) is -1.13. The van der Waals surface area contributed by atoms with Gasteiger partial charge in [-0.2, -0.15) is 0 Å². The van der Waals surface area contributed by atoms with E-state index in [1.165, 1.54) is 11.3 Å². The predicted molar refractivity (Wildman–Crippen MR) is 80.5 cm³/mol. The lowest BCUT2D eigenvalue weighted by molar-refractivity contribution is -0.120. The Kier molecular flexibility index (Phi) is 4.45. The van der Waals surface area contributed by atoms with Gasteiger partial charge in [-0.05, 0) is 32.2 Å². The van der Waals surface area contributed by atoms with Crippen LogP contribution in [-0.2, 0) is 11.3 Å². The van der Waals surface area contributed by atoms with E-state index in [2.05, 4.69) is 20.3 Å². The number of nitrogens with zero attached hydrogens (tertiary/aromatic N) is 2. The Balaban J connectivity index is 2.08. The number of imide groups is 1. The van der Waals surface area contributed by atoms with Gasteiger partial charge in [-0.3, -0.25) is 14.6 Å². The van der Waals surface area contributed by atoms with E-state index in [9.17, 15) is 14.4 Å². The van der Waals surface area contributed by atoms with Crippen molar-refractivity contribution in [2.45, 2.75) is 32.9 Å². The molecule has 0 fully saturated rings. The molecule has 0 aromatic carbocycles. The molecule has 9 heteroatoms. The van der Waals surface area contributed by atoms with Gasteiger partial charge in [-0.25, -0.2) is 14.2 Å². The maximum Gasteiger partial charge on any atom is 0.442 e. The standard InChI is InChI=1S/C13H16N4O4S/c1-13(2,3)15-11(19)14-9(18)7-17-10(16-21-12(17)20)8-5-4-6-22-8/h4-6H,7H2,1-3H3,(H2,14,15,18,19). The number of carbonyl (C=O) groups excluding carboxylic acids is 2. The number of hydrogen-bond acceptors (Lipinski definition) is 6. The van der Waals surface area contributed by atoms with Crippen LogP contribution in [0.2, 0.25) is 0 Å². The van der Waals surface area contributed by atoms with Crippen LogP contribution in [0.4, 0.5) is 4.79 Å². The van der Waals surface area contributed by atoms with E-state index in [1.54, 1.807) is 32.9 Å². The smallest absolute Gasteiger partial charge is 0.333 e. The summed E-state index contributed by atoms with van der Waals surface area (Å²) in [5.41, 5.74) is -0.472. The van der Waals surface area contributed by atoms with Gasteiger partial charge in [0.15, 0.2) is 5.82 Å². The number of hydrogen-bond donors (Lipinski definition) is 2. The van der Waals surface area contributed by atoms with Gasteiger partial charge in [0, 0.05) is 5.54 Å². The molecular weight excluding hydrogens is 308 g/mol. The van der Waals surface area contributed by atoms with Crippen molar-refractivity contribution >= 4 is 23.3 Å². The molecule has 3 amide bonds. The number of amides is 3. The number of aromatic nitrogens is 2. The molecule has 8 nitrogen and oxygen atoms in total. The summed E-state index contributed by atoms with van der Waals surface area (Å²) in [5, 5.41) is 10.2. The minimum absolute atomic E-state index is 0.256. The molecule has 118 valence electrons. The van der Waals surface area contributed by atoms with Gasteiger partial charge >= 0.3 is 11.8 Å². The predicted octanol–water partition coefficient (Wildman–Crippen LogP) is 1.19. The first-order chi connectivity index (χ1) is 10.3. The molecule has 0 saturated heterocycles. The van der Waals surface area contributed by atoms with Crippen molar-refractivity contribution in [1.29, 1.82) is 0 Å². The molecule has 0 saturated carbocycles. The Bertz CT molecular complexity index is 724. The van der Waals surface area contributed by atoms with Crippen LogP contribution in [-0.4, -0.2) is 27.2 Å². The molecule has 0 unspecified atom stereocenters. The molecule has 0 aliphatic carbocycles. The molecule has 2 rings (SSSR count). The van der Waals surface area contributed by atoms with Crippen LogP contribution in [0.15, 0.2) is 26.8 Å². The first-order valence-corrected chi connectivity index (χ1v) is 7.36. The quantitative estimate of drug-likeness (QED) is 0.882. The summed E-state index contributed by atoms with van der Waals surface area (Å²) in [7, 11) is 0. The molecule has 0 spiro atoms. The topological polar surface area (TPSA) is 106 Å². The molecule has 2 heterocycles. The number of nitrogens with one attached hydrogen (secondary N) is 2. The third-order valence-corrected chi connectivity index (χ3v) is 3.34. The summed E-state index contributed by atoms with van der Waals surface area (Å²) in [6.07, 6.45) is 0. The molecular formula is C13H16N4O4S. The first kappa shape index (κ1) is 16.0. The third kappa shape index (κ3) is 4.04. The highest BCUT2D eigenvalue weighted by atomic mass is 32.1. The fraction of sp³-hybridized carbons (Fsp3) is 0.385. The van der Waals surface area contributed by atoms with Gasteiger partial charge in [-0.1, -0.05) is 11.2 Å². The number of thiophene rings is 1. The average molecular weight is 324 g/mol. The zero-order valence-electron chi connectivity index (χ0n) is 12.4. The van der Waals surface area contributed by atoms with Gasteiger partial charge in [0.2, 0.25) is 5.91 Å². The van der Waals surface area contributed by atoms with Gasteiger partial charge < -0.3 is 5.32 Å². The van der Waals surface area contributed by atoms with Crippen molar-refractivity contribution in [2.75, 3.05) is 0 Å². The van der Waals surface area contributed by atoms with Gasteiger partial charge in [0.05, 0.1) is 4.88 Å². The number of rotatable bonds is 3. The maximum absolute atomic E-state index is 11.9. The highest BCUT2D eigenvalue weighted by molar-refractivity contribution is 7.13. The molecule has 0 bridgehead atoms. The second-order valence-electron chi connectivity index (χ2n) is 5.59. The van der Waals surface area contributed by atoms with Crippen molar-refractivity contribution in [3.8, 4) is 10.7 Å². The van der Waals surface area contributed by atoms with Crippen molar-refractivity contribution in [3.05, 3.63) is 28.1 Å². The van der Waals surface area contributed by atoms with Crippen molar-refractivity contribution in [2.24, 2.45) is 0 Å². The highest BCUT2D eigenvalue weighted by Gasteiger charge is 2.19. The second-order valence-corrected chi connectivity index (χ2v) is 6.54. The molecule has 0 aliphatic heterocycles. The summed E-state index contributed by atoms with van der Waals surface area (Å²) in [6, 6.07) is 2.92. The Hall–Kier alpha value is -2.42. The van der Waals surface area contributed by atoms with Crippen molar-refractivity contribution in [1.82, 2.24) is 20.4 Å². The third-order valence-electron chi connectivity index (χ3n) is 2.47. The van der Waals surface area contributed by atoms with Crippen LogP contribution >= 0.6 is 11.3 Å². The number of urea groups is 1. The van der Waals surface area contributed by atoms with Crippen LogP contribution in [0.5, 0.6) is 0 Å². The summed E-state index contributed by atoms with van der Waals surface area (Å²) < 4.78 is 5.66. The van der Waals surface area contributed by atoms with E-state index in [0.29, 0.717) is 4.88 Å². The Morgan fingerprint density at radius 1 is 1.41 bits per heavy atom. The zero-order chi connectivity index (χ0) is 16.3. The molecule has 2 N–H and O–H groups in total. The minimum Gasteiger partial charge on any atom is -0.333 e. The van der Waals surface area contributed by atoms with E-state index in [0.717, 1.165) is 4.57 Å². The first-order valence-electron chi connectivity index (χ1n) is 6.48. The van der Waals surface area contributed by atoms with Crippen LogP contribution in [0.1, 0.15) is 20.8 Å². The fourth-order valence-electron chi connectivity index (χ4n) is 1.67. The van der Waals surface area contributed by atoms with Gasteiger partial charge in [-0.15, -0.1) is 11.3 Å². The Morgan fingerprint density at radius 3 is 2.73 bits per heavy atom. The molecule has 0 atom stereocenters. The molecule has 0 aliphatic rings. The lowest BCUT2D eigenvalue weighted by atomic mass is 10.1. The van der Waals surface area contributed by atoms with Crippen LogP contribution in [0.25, 0.3) is 10.7 Å². The maximum atomic E-state index is 11.9. The van der Waals surface area contributed by atoms with Gasteiger partial charge in [0.1, 0.15) is 6.54 Å². The Morgan fingerprint density at radius 2 is 2.14 bits per heavy atom. The molecule has 0 radical (unpaired) electrons. The van der Waals surface area contributed by atoms with E-state index in [4.69, 9.17) is 0 Å². The highest BCUT2D eigenvalue weighted by Crippen LogP contribution is 2.21. The number of carbonyl (C=O) groups is 2.